The predicted molar refractivity (Wildman–Crippen MR) is 67.2 cm³/mol. The van der Waals surface area contributed by atoms with Crippen molar-refractivity contribution in [3.05, 3.63) is 41.5 Å². The molecule has 1 nitrogen and oxygen atoms in total. The standard InChI is InChI=1S/C15H18O/c1-11(2)15(16)10-9-13-8-7-12-5-3-4-6-14(12)13/h3-6,8,11H,7,9-10H2,1-2H3. The quantitative estimate of drug-likeness (QED) is 0.748. The highest BCUT2D eigenvalue weighted by Crippen LogP contribution is 2.30. The van der Waals surface area contributed by atoms with Crippen LogP contribution in [0.4, 0.5) is 0 Å². The van der Waals surface area contributed by atoms with Gasteiger partial charge in [-0.3, -0.25) is 4.79 Å². The number of carbonyl (C=O) groups excluding carboxylic acids is 1. The Morgan fingerprint density at radius 3 is 2.81 bits per heavy atom. The minimum Gasteiger partial charge on any atom is -0.299 e. The molecule has 1 heteroatoms. The van der Waals surface area contributed by atoms with Crippen LogP contribution in [0.3, 0.4) is 0 Å². The first kappa shape index (κ1) is 11.1. The molecule has 1 aliphatic carbocycles. The van der Waals surface area contributed by atoms with Gasteiger partial charge in [0.2, 0.25) is 0 Å². The summed E-state index contributed by atoms with van der Waals surface area (Å²) in [4.78, 5) is 11.6. The largest absolute Gasteiger partial charge is 0.299 e. The van der Waals surface area contributed by atoms with Crippen molar-refractivity contribution in [1.29, 1.82) is 0 Å². The molecule has 1 aromatic carbocycles. The number of allylic oxidation sites excluding steroid dienone is 2. The summed E-state index contributed by atoms with van der Waals surface area (Å²) in [7, 11) is 0. The number of rotatable bonds is 4. The van der Waals surface area contributed by atoms with Crippen LogP contribution >= 0.6 is 0 Å². The predicted octanol–water partition coefficient (Wildman–Crippen LogP) is 3.63. The van der Waals surface area contributed by atoms with Crippen LogP contribution in [-0.2, 0) is 11.2 Å². The smallest absolute Gasteiger partial charge is 0.135 e. The van der Waals surface area contributed by atoms with E-state index in [9.17, 15) is 4.79 Å². The highest BCUT2D eigenvalue weighted by molar-refractivity contribution is 5.83. The van der Waals surface area contributed by atoms with E-state index in [0.29, 0.717) is 12.2 Å². The molecule has 0 aromatic heterocycles. The number of Topliss-reactive ketones (excluding diaryl/α,β-unsaturated/α-hetero) is 1. The Bertz CT molecular complexity index is 427. The molecule has 1 aromatic rings. The minimum absolute atomic E-state index is 0.164. The lowest BCUT2D eigenvalue weighted by Crippen LogP contribution is -2.06. The van der Waals surface area contributed by atoms with E-state index in [1.54, 1.807) is 0 Å². The van der Waals surface area contributed by atoms with Crippen LogP contribution in [0, 0.1) is 5.92 Å². The van der Waals surface area contributed by atoms with Crippen LogP contribution < -0.4 is 0 Å². The molecule has 0 fully saturated rings. The first-order chi connectivity index (χ1) is 7.68. The summed E-state index contributed by atoms with van der Waals surface area (Å²) in [6.07, 6.45) is 4.87. The molecule has 0 atom stereocenters. The van der Waals surface area contributed by atoms with Crippen LogP contribution in [0.15, 0.2) is 30.3 Å². The van der Waals surface area contributed by atoms with Gasteiger partial charge in [-0.05, 0) is 29.5 Å². The lowest BCUT2D eigenvalue weighted by molar-refractivity contribution is -0.121. The zero-order valence-corrected chi connectivity index (χ0v) is 9.99. The summed E-state index contributed by atoms with van der Waals surface area (Å²) in [5.41, 5.74) is 4.10. The van der Waals surface area contributed by atoms with Crippen LogP contribution in [0.1, 0.15) is 37.8 Å². The molecule has 1 aliphatic rings. The molecular weight excluding hydrogens is 196 g/mol. The molecule has 0 heterocycles. The van der Waals surface area contributed by atoms with Crippen LogP contribution in [-0.4, -0.2) is 5.78 Å². The zero-order valence-electron chi connectivity index (χ0n) is 9.99. The Morgan fingerprint density at radius 2 is 2.06 bits per heavy atom. The van der Waals surface area contributed by atoms with Gasteiger partial charge < -0.3 is 0 Å². The van der Waals surface area contributed by atoms with E-state index in [2.05, 4.69) is 30.3 Å². The van der Waals surface area contributed by atoms with Crippen molar-refractivity contribution < 1.29 is 4.79 Å². The second-order valence-corrected chi connectivity index (χ2v) is 4.71. The molecule has 0 aliphatic heterocycles. The maximum atomic E-state index is 11.6. The molecule has 84 valence electrons. The SMILES string of the molecule is CC(C)C(=O)CCC1=CCc2ccccc21. The van der Waals surface area contributed by atoms with Crippen molar-refractivity contribution in [2.45, 2.75) is 33.1 Å². The van der Waals surface area contributed by atoms with Gasteiger partial charge >= 0.3 is 0 Å². The zero-order chi connectivity index (χ0) is 11.5. The first-order valence-electron chi connectivity index (χ1n) is 5.98. The van der Waals surface area contributed by atoms with Crippen molar-refractivity contribution in [2.24, 2.45) is 5.92 Å². The van der Waals surface area contributed by atoms with E-state index < -0.39 is 0 Å². The molecule has 0 saturated carbocycles. The minimum atomic E-state index is 0.164. The maximum absolute atomic E-state index is 11.6. The van der Waals surface area contributed by atoms with E-state index in [4.69, 9.17) is 0 Å². The highest BCUT2D eigenvalue weighted by Gasteiger charge is 2.15. The van der Waals surface area contributed by atoms with Gasteiger partial charge in [-0.25, -0.2) is 0 Å². The van der Waals surface area contributed by atoms with Gasteiger partial charge in [-0.15, -0.1) is 0 Å². The highest BCUT2D eigenvalue weighted by atomic mass is 16.1. The third kappa shape index (κ3) is 2.24. The lowest BCUT2D eigenvalue weighted by Gasteiger charge is -2.06. The number of carbonyl (C=O) groups is 1. The Labute approximate surface area is 97.2 Å². The molecule has 0 radical (unpaired) electrons. The Morgan fingerprint density at radius 1 is 1.31 bits per heavy atom. The fourth-order valence-electron chi connectivity index (χ4n) is 2.14. The van der Waals surface area contributed by atoms with Crippen molar-refractivity contribution in [2.75, 3.05) is 0 Å². The van der Waals surface area contributed by atoms with Gasteiger partial charge in [0.25, 0.3) is 0 Å². The number of fused-ring (bicyclic) bond motifs is 1. The fraction of sp³-hybridized carbons (Fsp3) is 0.400. The van der Waals surface area contributed by atoms with E-state index in [-0.39, 0.29) is 5.92 Å². The van der Waals surface area contributed by atoms with Gasteiger partial charge in [-0.2, -0.15) is 0 Å². The fourth-order valence-corrected chi connectivity index (χ4v) is 2.14. The first-order valence-corrected chi connectivity index (χ1v) is 5.98. The summed E-state index contributed by atoms with van der Waals surface area (Å²) in [5.74, 6) is 0.530. The number of ketones is 1. The number of hydrogen-bond acceptors (Lipinski definition) is 1. The summed E-state index contributed by atoms with van der Waals surface area (Å²) in [5, 5.41) is 0. The summed E-state index contributed by atoms with van der Waals surface area (Å²) < 4.78 is 0. The molecule has 0 amide bonds. The van der Waals surface area contributed by atoms with Crippen LogP contribution in [0.5, 0.6) is 0 Å². The molecular formula is C15H18O. The van der Waals surface area contributed by atoms with Gasteiger partial charge in [0.05, 0.1) is 0 Å². The molecule has 2 rings (SSSR count). The van der Waals surface area contributed by atoms with Gasteiger partial charge in [-0.1, -0.05) is 44.2 Å². The van der Waals surface area contributed by atoms with Crippen LogP contribution in [0.2, 0.25) is 0 Å². The molecule has 0 saturated heterocycles. The third-order valence-corrected chi connectivity index (χ3v) is 3.22. The van der Waals surface area contributed by atoms with Gasteiger partial charge in [0, 0.05) is 12.3 Å². The normalized spacial score (nSPS) is 13.8. The van der Waals surface area contributed by atoms with E-state index in [0.717, 1.165) is 12.8 Å². The summed E-state index contributed by atoms with van der Waals surface area (Å²) in [6.45, 7) is 3.94. The van der Waals surface area contributed by atoms with Crippen molar-refractivity contribution in [3.8, 4) is 0 Å². The van der Waals surface area contributed by atoms with Gasteiger partial charge in [0.15, 0.2) is 0 Å². The maximum Gasteiger partial charge on any atom is 0.135 e. The van der Waals surface area contributed by atoms with E-state index in [1.807, 2.05) is 13.8 Å². The second kappa shape index (κ2) is 4.65. The lowest BCUT2D eigenvalue weighted by atomic mass is 9.98. The molecule has 16 heavy (non-hydrogen) atoms. The second-order valence-electron chi connectivity index (χ2n) is 4.71. The van der Waals surface area contributed by atoms with Gasteiger partial charge in [0.1, 0.15) is 5.78 Å². The molecule has 0 bridgehead atoms. The molecule has 0 unspecified atom stereocenters. The number of hydrogen-bond donors (Lipinski definition) is 0. The van der Waals surface area contributed by atoms with E-state index in [1.165, 1.54) is 16.7 Å². The average molecular weight is 214 g/mol. The van der Waals surface area contributed by atoms with Crippen molar-refractivity contribution in [1.82, 2.24) is 0 Å². The Hall–Kier alpha value is -1.37. The molecule has 0 spiro atoms. The van der Waals surface area contributed by atoms with E-state index >= 15 is 0 Å². The monoisotopic (exact) mass is 214 g/mol. The topological polar surface area (TPSA) is 17.1 Å². The summed E-state index contributed by atoms with van der Waals surface area (Å²) >= 11 is 0. The van der Waals surface area contributed by atoms with Crippen LogP contribution in [0.25, 0.3) is 5.57 Å². The average Bonchev–Trinajstić information content (AvgIpc) is 2.69. The Balaban J connectivity index is 2.01. The molecule has 0 N–H and O–H groups in total. The summed E-state index contributed by atoms with van der Waals surface area (Å²) in [6, 6.07) is 8.48. The van der Waals surface area contributed by atoms with Crippen molar-refractivity contribution >= 4 is 11.4 Å². The number of benzene rings is 1. The third-order valence-electron chi connectivity index (χ3n) is 3.22. The van der Waals surface area contributed by atoms with Crippen molar-refractivity contribution in [3.63, 3.8) is 0 Å². The Kier molecular flexibility index (Phi) is 3.23.